The minimum absolute atomic E-state index is 0.0905. The molecule has 0 amide bonds. The predicted octanol–water partition coefficient (Wildman–Crippen LogP) is 2.15. The van der Waals surface area contributed by atoms with Crippen LogP contribution in [-0.4, -0.2) is 25.5 Å². The predicted molar refractivity (Wildman–Crippen MR) is 52.7 cm³/mol. The first-order chi connectivity index (χ1) is 7.99. The Hall–Kier alpha value is -0.820. The molecule has 0 spiro atoms. The van der Waals surface area contributed by atoms with Crippen molar-refractivity contribution in [3.63, 3.8) is 0 Å². The molecule has 1 saturated carbocycles. The van der Waals surface area contributed by atoms with Crippen molar-refractivity contribution >= 4 is 5.97 Å². The van der Waals surface area contributed by atoms with Gasteiger partial charge in [-0.1, -0.05) is 19.3 Å². The highest BCUT2D eigenvalue weighted by Crippen LogP contribution is 2.24. The molecule has 0 aromatic carbocycles. The molecule has 0 saturated heterocycles. The summed E-state index contributed by atoms with van der Waals surface area (Å²) in [5.74, 6) is -0.411. The number of hydroxylamine groups is 1. The normalized spacial score (nSPS) is 18.1. The Morgan fingerprint density at radius 2 is 1.88 bits per heavy atom. The van der Waals surface area contributed by atoms with Gasteiger partial charge < -0.3 is 4.74 Å². The molecule has 100 valence electrons. The van der Waals surface area contributed by atoms with Crippen molar-refractivity contribution in [1.82, 2.24) is 5.48 Å². The van der Waals surface area contributed by atoms with E-state index in [0.29, 0.717) is 0 Å². The van der Waals surface area contributed by atoms with Gasteiger partial charge in [-0.15, -0.1) is 13.2 Å². The van der Waals surface area contributed by atoms with Crippen molar-refractivity contribution in [2.75, 3.05) is 13.2 Å². The van der Waals surface area contributed by atoms with E-state index in [9.17, 15) is 18.0 Å². The monoisotopic (exact) mass is 255 g/mol. The fourth-order valence-corrected chi connectivity index (χ4v) is 1.78. The van der Waals surface area contributed by atoms with Crippen molar-refractivity contribution < 1.29 is 27.5 Å². The van der Waals surface area contributed by atoms with Crippen LogP contribution in [0.25, 0.3) is 0 Å². The second-order valence-corrected chi connectivity index (χ2v) is 3.94. The number of halogens is 3. The Morgan fingerprint density at radius 3 is 2.47 bits per heavy atom. The number of alkyl halides is 3. The third kappa shape index (κ3) is 6.48. The minimum Gasteiger partial charge on any atom is -0.464 e. The molecular formula is C10H16F3NO3. The van der Waals surface area contributed by atoms with Gasteiger partial charge in [-0.05, 0) is 12.8 Å². The summed E-state index contributed by atoms with van der Waals surface area (Å²) in [5, 5.41) is 0. The second-order valence-electron chi connectivity index (χ2n) is 3.94. The van der Waals surface area contributed by atoms with Gasteiger partial charge in [0.05, 0.1) is 12.5 Å². The van der Waals surface area contributed by atoms with E-state index in [1.165, 1.54) is 0 Å². The van der Waals surface area contributed by atoms with Gasteiger partial charge in [-0.3, -0.25) is 4.79 Å². The third-order valence-corrected chi connectivity index (χ3v) is 2.57. The van der Waals surface area contributed by atoms with Crippen LogP contribution in [0.5, 0.6) is 0 Å². The van der Waals surface area contributed by atoms with Crippen LogP contribution in [-0.2, 0) is 14.4 Å². The number of ether oxygens (including phenoxy) is 1. The van der Waals surface area contributed by atoms with Gasteiger partial charge in [0.2, 0.25) is 0 Å². The highest BCUT2D eigenvalue weighted by atomic mass is 19.4. The lowest BCUT2D eigenvalue weighted by Gasteiger charge is -2.19. The maximum Gasteiger partial charge on any atom is 0.538 e. The van der Waals surface area contributed by atoms with E-state index in [-0.39, 0.29) is 25.0 Å². The van der Waals surface area contributed by atoms with E-state index in [1.807, 2.05) is 0 Å². The molecule has 0 unspecified atom stereocenters. The topological polar surface area (TPSA) is 47.6 Å². The number of carbonyl (C=O) groups excluding carboxylic acids is 1. The molecule has 17 heavy (non-hydrogen) atoms. The molecule has 1 rings (SSSR count). The van der Waals surface area contributed by atoms with Crippen molar-refractivity contribution in [3.05, 3.63) is 0 Å². The Morgan fingerprint density at radius 1 is 1.24 bits per heavy atom. The molecule has 4 nitrogen and oxygen atoms in total. The van der Waals surface area contributed by atoms with E-state index in [4.69, 9.17) is 4.74 Å². The number of hydrogen-bond acceptors (Lipinski definition) is 4. The van der Waals surface area contributed by atoms with E-state index in [1.54, 1.807) is 5.48 Å². The van der Waals surface area contributed by atoms with Crippen LogP contribution >= 0.6 is 0 Å². The zero-order valence-corrected chi connectivity index (χ0v) is 9.39. The Kier molecular flexibility index (Phi) is 5.70. The van der Waals surface area contributed by atoms with Crippen LogP contribution in [0.3, 0.4) is 0 Å². The first-order valence-electron chi connectivity index (χ1n) is 5.63. The maximum absolute atomic E-state index is 11.5. The van der Waals surface area contributed by atoms with E-state index in [0.717, 1.165) is 32.1 Å². The Bertz CT molecular complexity index is 239. The molecule has 0 atom stereocenters. The first kappa shape index (κ1) is 14.2. The first-order valence-corrected chi connectivity index (χ1v) is 5.63. The SMILES string of the molecule is O=C(OCCNOC(F)(F)F)C1CCCCC1. The molecule has 0 radical (unpaired) electrons. The summed E-state index contributed by atoms with van der Waals surface area (Å²) >= 11 is 0. The van der Waals surface area contributed by atoms with Crippen LogP contribution in [0.15, 0.2) is 0 Å². The van der Waals surface area contributed by atoms with Gasteiger partial charge in [-0.2, -0.15) is 5.48 Å². The molecule has 0 aromatic rings. The minimum atomic E-state index is -4.71. The largest absolute Gasteiger partial charge is 0.538 e. The van der Waals surface area contributed by atoms with Crippen molar-refractivity contribution in [1.29, 1.82) is 0 Å². The van der Waals surface area contributed by atoms with Crippen LogP contribution in [0, 0.1) is 5.92 Å². The molecule has 0 aromatic heterocycles. The lowest BCUT2D eigenvalue weighted by atomic mass is 9.89. The lowest BCUT2D eigenvalue weighted by Crippen LogP contribution is -2.30. The molecule has 1 aliphatic carbocycles. The second kappa shape index (κ2) is 6.80. The van der Waals surface area contributed by atoms with E-state index in [2.05, 4.69) is 4.84 Å². The summed E-state index contributed by atoms with van der Waals surface area (Å²) in [4.78, 5) is 14.8. The summed E-state index contributed by atoms with van der Waals surface area (Å²) in [7, 11) is 0. The average Bonchev–Trinajstić information content (AvgIpc) is 2.28. The molecular weight excluding hydrogens is 239 g/mol. The van der Waals surface area contributed by atoms with Crippen LogP contribution in [0.2, 0.25) is 0 Å². The summed E-state index contributed by atoms with van der Waals surface area (Å²) in [5.41, 5.74) is 1.68. The van der Waals surface area contributed by atoms with E-state index < -0.39 is 6.36 Å². The quantitative estimate of drug-likeness (QED) is 0.464. The summed E-state index contributed by atoms with van der Waals surface area (Å²) in [6.07, 6.45) is 0.0547. The molecule has 7 heteroatoms. The molecule has 1 fully saturated rings. The van der Waals surface area contributed by atoms with Gasteiger partial charge in [0, 0.05) is 0 Å². The summed E-state index contributed by atoms with van der Waals surface area (Å²) in [6.45, 7) is -0.302. The van der Waals surface area contributed by atoms with Gasteiger partial charge in [0.25, 0.3) is 0 Å². The summed E-state index contributed by atoms with van der Waals surface area (Å²) in [6, 6.07) is 0. The standard InChI is InChI=1S/C10H16F3NO3/c11-10(12,13)17-14-6-7-16-9(15)8-4-2-1-3-5-8/h8,14H,1-7H2. The molecule has 0 heterocycles. The summed E-state index contributed by atoms with van der Waals surface area (Å²) < 4.78 is 39.5. The molecule has 1 N–H and O–H groups in total. The van der Waals surface area contributed by atoms with Crippen LogP contribution < -0.4 is 5.48 Å². The third-order valence-electron chi connectivity index (χ3n) is 2.57. The molecule has 0 bridgehead atoms. The number of rotatable bonds is 5. The van der Waals surface area contributed by atoms with Crippen molar-refractivity contribution in [2.45, 2.75) is 38.5 Å². The lowest BCUT2D eigenvalue weighted by molar-refractivity contribution is -0.350. The zero-order chi connectivity index (χ0) is 12.7. The van der Waals surface area contributed by atoms with Crippen LogP contribution in [0.1, 0.15) is 32.1 Å². The number of hydrogen-bond donors (Lipinski definition) is 1. The fraction of sp³-hybridized carbons (Fsp3) is 0.900. The number of nitrogens with one attached hydrogen (secondary N) is 1. The number of carbonyl (C=O) groups is 1. The number of esters is 1. The van der Waals surface area contributed by atoms with Gasteiger partial charge >= 0.3 is 12.3 Å². The van der Waals surface area contributed by atoms with Crippen LogP contribution in [0.4, 0.5) is 13.2 Å². The molecule has 1 aliphatic rings. The van der Waals surface area contributed by atoms with Gasteiger partial charge in [0.1, 0.15) is 6.61 Å². The maximum atomic E-state index is 11.5. The van der Waals surface area contributed by atoms with Crippen molar-refractivity contribution in [3.8, 4) is 0 Å². The Balaban J connectivity index is 2.04. The van der Waals surface area contributed by atoms with E-state index >= 15 is 0 Å². The van der Waals surface area contributed by atoms with Gasteiger partial charge in [-0.25, -0.2) is 4.84 Å². The zero-order valence-electron chi connectivity index (χ0n) is 9.39. The molecule has 0 aliphatic heterocycles. The fourth-order valence-electron chi connectivity index (χ4n) is 1.78. The van der Waals surface area contributed by atoms with Crippen molar-refractivity contribution in [2.24, 2.45) is 5.92 Å². The smallest absolute Gasteiger partial charge is 0.464 e. The highest BCUT2D eigenvalue weighted by Gasteiger charge is 2.29. The Labute approximate surface area is 97.4 Å². The van der Waals surface area contributed by atoms with Gasteiger partial charge in [0.15, 0.2) is 0 Å². The average molecular weight is 255 g/mol. The highest BCUT2D eigenvalue weighted by molar-refractivity contribution is 5.72.